The van der Waals surface area contributed by atoms with Crippen LogP contribution < -0.4 is 4.74 Å². The Morgan fingerprint density at radius 2 is 1.97 bits per heavy atom. The molecule has 12 heteroatoms. The van der Waals surface area contributed by atoms with Gasteiger partial charge >= 0.3 is 23.9 Å². The second-order valence-corrected chi connectivity index (χ2v) is 10.3. The number of ether oxygens (including phenoxy) is 4. The molecular weight excluding hydrogens is 502 g/mol. The zero-order valence-corrected chi connectivity index (χ0v) is 21.1. The second kappa shape index (κ2) is 8.98. The van der Waals surface area contributed by atoms with Gasteiger partial charge in [-0.15, -0.1) is 0 Å². The molecule has 2 unspecified atom stereocenters. The number of piperidine rings is 1. The zero-order valence-electron chi connectivity index (χ0n) is 21.1. The predicted octanol–water partition coefficient (Wildman–Crippen LogP) is 0.551. The van der Waals surface area contributed by atoms with Crippen molar-refractivity contribution in [3.63, 3.8) is 0 Å². The number of rotatable bonds is 7. The van der Waals surface area contributed by atoms with Crippen LogP contribution in [0.4, 0.5) is 0 Å². The number of likely N-dealkylation sites (N-methyl/N-ethyl adjacent to an activating group) is 1. The maximum atomic E-state index is 12.9. The summed E-state index contributed by atoms with van der Waals surface area (Å²) in [5.74, 6) is -4.09. The summed E-state index contributed by atoms with van der Waals surface area (Å²) >= 11 is 0. The van der Waals surface area contributed by atoms with Crippen molar-refractivity contribution in [2.75, 3.05) is 13.6 Å². The maximum Gasteiger partial charge on any atom is 0.352 e. The molecule has 0 aromatic heterocycles. The Hall–Kier alpha value is -3.64. The number of carboxylic acids is 1. The van der Waals surface area contributed by atoms with Crippen LogP contribution in [0.15, 0.2) is 24.0 Å². The smallest absolute Gasteiger partial charge is 0.352 e. The summed E-state index contributed by atoms with van der Waals surface area (Å²) < 4.78 is 21.5. The van der Waals surface area contributed by atoms with Crippen LogP contribution in [0.2, 0.25) is 0 Å². The van der Waals surface area contributed by atoms with E-state index in [2.05, 4.69) is 9.64 Å². The molecule has 0 amide bonds. The zero-order chi connectivity index (χ0) is 27.6. The van der Waals surface area contributed by atoms with E-state index in [1.807, 2.05) is 13.1 Å². The predicted molar refractivity (Wildman–Crippen MR) is 126 cm³/mol. The molecule has 1 saturated heterocycles. The topological polar surface area (TPSA) is 169 Å². The summed E-state index contributed by atoms with van der Waals surface area (Å²) in [5.41, 5.74) is -0.486. The van der Waals surface area contributed by atoms with Crippen LogP contribution in [0.3, 0.4) is 0 Å². The number of likely N-dealkylation sites (tertiary alicyclic amines) is 1. The third-order valence-corrected chi connectivity index (χ3v) is 8.15. The fraction of sp³-hybridized carbons (Fsp3) is 0.538. The van der Waals surface area contributed by atoms with Crippen LogP contribution in [-0.4, -0.2) is 87.6 Å². The lowest BCUT2D eigenvalue weighted by Gasteiger charge is -2.61. The van der Waals surface area contributed by atoms with Crippen LogP contribution in [0.25, 0.3) is 0 Å². The largest absolute Gasteiger partial charge is 0.504 e. The van der Waals surface area contributed by atoms with Gasteiger partial charge in [0.25, 0.3) is 0 Å². The van der Waals surface area contributed by atoms with Crippen molar-refractivity contribution in [3.05, 3.63) is 35.1 Å². The Bertz CT molecular complexity index is 1260. The highest BCUT2D eigenvalue weighted by molar-refractivity contribution is 5.85. The van der Waals surface area contributed by atoms with Crippen LogP contribution in [0, 0.1) is 0 Å². The van der Waals surface area contributed by atoms with Crippen molar-refractivity contribution in [1.82, 2.24) is 4.90 Å². The summed E-state index contributed by atoms with van der Waals surface area (Å²) in [6.45, 7) is 2.93. The fourth-order valence-electron chi connectivity index (χ4n) is 6.46. The maximum absolute atomic E-state index is 12.9. The molecule has 2 aliphatic heterocycles. The molecule has 2 aliphatic carbocycles. The van der Waals surface area contributed by atoms with Gasteiger partial charge in [-0.3, -0.25) is 9.59 Å². The molecule has 3 N–H and O–H groups in total. The Labute approximate surface area is 217 Å². The lowest BCUT2D eigenvalue weighted by atomic mass is 9.50. The van der Waals surface area contributed by atoms with E-state index in [0.29, 0.717) is 19.4 Å². The number of aliphatic carboxylic acids is 1. The molecule has 4 aliphatic rings. The lowest BCUT2D eigenvalue weighted by molar-refractivity contribution is -0.177. The van der Waals surface area contributed by atoms with Gasteiger partial charge in [0.2, 0.25) is 6.10 Å². The minimum atomic E-state index is -1.75. The van der Waals surface area contributed by atoms with Crippen molar-refractivity contribution in [1.29, 1.82) is 0 Å². The minimum Gasteiger partial charge on any atom is -0.504 e. The third-order valence-electron chi connectivity index (χ3n) is 8.15. The van der Waals surface area contributed by atoms with Gasteiger partial charge in [0.1, 0.15) is 5.76 Å². The monoisotopic (exact) mass is 531 g/mol. The molecule has 0 saturated carbocycles. The average Bonchev–Trinajstić information content (AvgIpc) is 3.20. The molecule has 0 radical (unpaired) electrons. The summed E-state index contributed by atoms with van der Waals surface area (Å²) in [5, 5.41) is 31.8. The third kappa shape index (κ3) is 3.73. The molecule has 38 heavy (non-hydrogen) atoms. The number of phenolic OH excluding ortho intramolecular Hbond substituents is 1. The van der Waals surface area contributed by atoms with Gasteiger partial charge in [-0.05, 0) is 51.1 Å². The number of aromatic hydroxyl groups is 1. The van der Waals surface area contributed by atoms with Gasteiger partial charge in [0, 0.05) is 24.9 Å². The molecule has 204 valence electrons. The average molecular weight is 532 g/mol. The van der Waals surface area contributed by atoms with Crippen molar-refractivity contribution < 1.29 is 53.4 Å². The van der Waals surface area contributed by atoms with E-state index in [4.69, 9.17) is 19.3 Å². The van der Waals surface area contributed by atoms with E-state index >= 15 is 0 Å². The number of hydrogen-bond acceptors (Lipinski definition) is 11. The summed E-state index contributed by atoms with van der Waals surface area (Å²) in [7, 11) is 1.96. The molecule has 2 heterocycles. The molecule has 6 atom stereocenters. The highest BCUT2D eigenvalue weighted by Gasteiger charge is 2.72. The molecule has 2 bridgehead atoms. The van der Waals surface area contributed by atoms with Crippen molar-refractivity contribution in [3.8, 4) is 11.5 Å². The molecule has 1 aromatic rings. The molecule has 1 fully saturated rings. The molecule has 12 nitrogen and oxygen atoms in total. The highest BCUT2D eigenvalue weighted by atomic mass is 16.6. The number of carbonyl (C=O) groups excluding carboxylic acids is 3. The first-order valence-corrected chi connectivity index (χ1v) is 12.3. The summed E-state index contributed by atoms with van der Waals surface area (Å²) in [4.78, 5) is 49.6. The first-order chi connectivity index (χ1) is 17.9. The summed E-state index contributed by atoms with van der Waals surface area (Å²) in [6.07, 6.45) is -2.01. The van der Waals surface area contributed by atoms with Crippen molar-refractivity contribution in [2.24, 2.45) is 0 Å². The van der Waals surface area contributed by atoms with Crippen LogP contribution in [-0.2, 0) is 45.2 Å². The number of hydrogen-bond donors (Lipinski definition) is 3. The number of carboxylic acid groups (broad SMARTS) is 1. The highest BCUT2D eigenvalue weighted by Crippen LogP contribution is 2.65. The van der Waals surface area contributed by atoms with E-state index in [-0.39, 0.29) is 29.7 Å². The normalized spacial score (nSPS) is 30.2. The quantitative estimate of drug-likeness (QED) is 0.330. The Morgan fingerprint density at radius 1 is 1.24 bits per heavy atom. The van der Waals surface area contributed by atoms with Gasteiger partial charge in [-0.2, -0.15) is 0 Å². The number of phenols is 1. The van der Waals surface area contributed by atoms with Crippen LogP contribution in [0.1, 0.15) is 44.2 Å². The number of esters is 3. The molecular formula is C26H29NO11. The fourth-order valence-corrected chi connectivity index (χ4v) is 6.46. The molecule has 1 aromatic carbocycles. The van der Waals surface area contributed by atoms with Gasteiger partial charge in [-0.25, -0.2) is 9.59 Å². The number of carbonyl (C=O) groups is 4. The van der Waals surface area contributed by atoms with E-state index in [0.717, 1.165) is 18.1 Å². The lowest BCUT2D eigenvalue weighted by Crippen LogP contribution is -2.74. The van der Waals surface area contributed by atoms with E-state index < -0.39 is 59.6 Å². The first-order valence-electron chi connectivity index (χ1n) is 12.3. The molecule has 1 spiro atoms. The number of nitrogens with zero attached hydrogens (tertiary/aromatic N) is 1. The van der Waals surface area contributed by atoms with E-state index in [1.165, 1.54) is 6.92 Å². The first kappa shape index (κ1) is 26.0. The van der Waals surface area contributed by atoms with Gasteiger partial charge < -0.3 is 39.2 Å². The number of aliphatic hydroxyl groups is 1. The van der Waals surface area contributed by atoms with Gasteiger partial charge in [-0.1, -0.05) is 6.07 Å². The number of benzene rings is 1. The SMILES string of the molecule is CC(=O)O[C@@H](CC(=O)O[C@@H](C)C(=O)OC1=CC[C@@]2(O)[C@H]3Cc4ccc(O)c5c4C2(CCN3C)C1O5)C(=O)O. The van der Waals surface area contributed by atoms with Crippen molar-refractivity contribution >= 4 is 23.9 Å². The minimum absolute atomic E-state index is 0.0685. The standard InChI is InChI=1S/C26H29NO11/c1-12(35-19(30)11-17(23(31)32)36-13(2)28)24(33)37-16-6-7-26(34)18-10-14-4-5-15(29)21-20(14)25(26,22(16)38-21)8-9-27(18)3/h4-6,12,17-18,22,29,34H,7-11H2,1-3H3,(H,31,32)/t12-,17-,18+,22?,25?,26+/m0/s1. The summed E-state index contributed by atoms with van der Waals surface area (Å²) in [6, 6.07) is 3.18. The Morgan fingerprint density at radius 3 is 2.66 bits per heavy atom. The second-order valence-electron chi connectivity index (χ2n) is 10.3. The van der Waals surface area contributed by atoms with Gasteiger partial charge in [0.15, 0.2) is 23.7 Å². The Kier molecular flexibility index (Phi) is 6.14. The molecule has 5 rings (SSSR count). The van der Waals surface area contributed by atoms with Crippen LogP contribution >= 0.6 is 0 Å². The van der Waals surface area contributed by atoms with Crippen LogP contribution in [0.5, 0.6) is 11.5 Å². The van der Waals surface area contributed by atoms with Gasteiger partial charge in [0.05, 0.1) is 17.4 Å². The van der Waals surface area contributed by atoms with E-state index in [1.54, 1.807) is 12.1 Å². The van der Waals surface area contributed by atoms with Crippen molar-refractivity contribution in [2.45, 2.75) is 74.9 Å². The van der Waals surface area contributed by atoms with E-state index in [9.17, 15) is 29.4 Å². The Balaban J connectivity index is 1.37.